The monoisotopic (exact) mass is 326 g/mol. The van der Waals surface area contributed by atoms with E-state index in [9.17, 15) is 4.79 Å². The summed E-state index contributed by atoms with van der Waals surface area (Å²) in [7, 11) is 0. The molecule has 1 saturated carbocycles. The van der Waals surface area contributed by atoms with Crippen LogP contribution in [0.2, 0.25) is 0 Å². The minimum absolute atomic E-state index is 0.0588. The molecule has 24 heavy (non-hydrogen) atoms. The standard InChI is InChI=1S/C17H22N6O/c24-17-13(9-12-3-1-2-4-16(12)20-17)10-18-14-5-7-15(8-6-14)23-11-19-21-22-23/h5-8,11-13,16,18H,1-4,9-10H2,(H,20,24). The fraction of sp³-hybridized carbons (Fsp3) is 0.529. The van der Waals surface area contributed by atoms with Crippen molar-refractivity contribution < 1.29 is 4.79 Å². The largest absolute Gasteiger partial charge is 0.384 e. The number of tetrazole rings is 1. The second-order valence-electron chi connectivity index (χ2n) is 6.77. The van der Waals surface area contributed by atoms with Crippen LogP contribution in [0.3, 0.4) is 0 Å². The molecule has 1 aliphatic heterocycles. The normalized spacial score (nSPS) is 26.5. The van der Waals surface area contributed by atoms with Crippen LogP contribution in [-0.4, -0.2) is 38.7 Å². The van der Waals surface area contributed by atoms with E-state index in [0.717, 1.165) is 24.2 Å². The Morgan fingerprint density at radius 3 is 2.83 bits per heavy atom. The Labute approximate surface area is 140 Å². The molecule has 0 radical (unpaired) electrons. The smallest absolute Gasteiger partial charge is 0.225 e. The SMILES string of the molecule is O=C1NC2CCCCC2CC1CNc1ccc(-n2cnnn2)cc1. The minimum atomic E-state index is 0.0588. The summed E-state index contributed by atoms with van der Waals surface area (Å²) in [5.41, 5.74) is 1.91. The van der Waals surface area contributed by atoms with Crippen LogP contribution in [0.5, 0.6) is 0 Å². The van der Waals surface area contributed by atoms with Crippen LogP contribution in [0.4, 0.5) is 5.69 Å². The Kier molecular flexibility index (Phi) is 4.15. The topological polar surface area (TPSA) is 84.7 Å². The van der Waals surface area contributed by atoms with Gasteiger partial charge >= 0.3 is 0 Å². The first kappa shape index (κ1) is 15.1. The van der Waals surface area contributed by atoms with Crippen molar-refractivity contribution >= 4 is 11.6 Å². The molecule has 1 saturated heterocycles. The molecule has 1 aliphatic carbocycles. The van der Waals surface area contributed by atoms with Gasteiger partial charge in [0.05, 0.1) is 11.6 Å². The molecule has 2 aromatic rings. The first-order chi connectivity index (χ1) is 11.8. The van der Waals surface area contributed by atoms with E-state index in [4.69, 9.17) is 0 Å². The molecule has 7 heteroatoms. The maximum absolute atomic E-state index is 12.3. The molecule has 1 amide bonds. The molecule has 126 valence electrons. The third kappa shape index (κ3) is 3.11. The molecule has 3 atom stereocenters. The molecule has 1 aromatic carbocycles. The molecule has 7 nitrogen and oxygen atoms in total. The quantitative estimate of drug-likeness (QED) is 0.894. The number of nitrogens with zero attached hydrogens (tertiary/aromatic N) is 4. The number of hydrogen-bond donors (Lipinski definition) is 2. The van der Waals surface area contributed by atoms with E-state index in [-0.39, 0.29) is 11.8 Å². The first-order valence-electron chi connectivity index (χ1n) is 8.67. The van der Waals surface area contributed by atoms with Gasteiger partial charge in [0.2, 0.25) is 5.91 Å². The Morgan fingerprint density at radius 1 is 1.21 bits per heavy atom. The average molecular weight is 326 g/mol. The summed E-state index contributed by atoms with van der Waals surface area (Å²) in [6.07, 6.45) is 7.52. The summed E-state index contributed by atoms with van der Waals surface area (Å²) in [4.78, 5) is 12.3. The Bertz CT molecular complexity index is 684. The van der Waals surface area contributed by atoms with Crippen molar-refractivity contribution in [2.45, 2.75) is 38.1 Å². The summed E-state index contributed by atoms with van der Waals surface area (Å²) in [6, 6.07) is 8.30. The molecule has 0 spiro atoms. The highest BCUT2D eigenvalue weighted by molar-refractivity contribution is 5.80. The molecule has 2 heterocycles. The predicted octanol–water partition coefficient (Wildman–Crippen LogP) is 1.77. The van der Waals surface area contributed by atoms with Gasteiger partial charge in [0.1, 0.15) is 6.33 Å². The highest BCUT2D eigenvalue weighted by Crippen LogP contribution is 2.33. The van der Waals surface area contributed by atoms with Crippen molar-refractivity contribution in [2.24, 2.45) is 11.8 Å². The number of carbonyl (C=O) groups is 1. The van der Waals surface area contributed by atoms with Crippen molar-refractivity contribution in [1.82, 2.24) is 25.5 Å². The van der Waals surface area contributed by atoms with Crippen molar-refractivity contribution in [2.75, 3.05) is 11.9 Å². The van der Waals surface area contributed by atoms with Crippen molar-refractivity contribution in [3.63, 3.8) is 0 Å². The molecule has 2 N–H and O–H groups in total. The second-order valence-corrected chi connectivity index (χ2v) is 6.77. The van der Waals surface area contributed by atoms with Crippen LogP contribution in [0.1, 0.15) is 32.1 Å². The summed E-state index contributed by atoms with van der Waals surface area (Å²) < 4.78 is 1.61. The van der Waals surface area contributed by atoms with Gasteiger partial charge in [0.25, 0.3) is 0 Å². The van der Waals surface area contributed by atoms with Crippen molar-refractivity contribution in [1.29, 1.82) is 0 Å². The fourth-order valence-corrected chi connectivity index (χ4v) is 3.88. The lowest BCUT2D eigenvalue weighted by atomic mass is 9.76. The molecular weight excluding hydrogens is 304 g/mol. The van der Waals surface area contributed by atoms with Gasteiger partial charge in [-0.1, -0.05) is 12.8 Å². The molecule has 0 bridgehead atoms. The Balaban J connectivity index is 1.35. The fourth-order valence-electron chi connectivity index (χ4n) is 3.88. The van der Waals surface area contributed by atoms with Crippen LogP contribution in [0, 0.1) is 11.8 Å². The molecular formula is C17H22N6O. The number of fused-ring (bicyclic) bond motifs is 1. The Morgan fingerprint density at radius 2 is 2.04 bits per heavy atom. The Hall–Kier alpha value is -2.44. The van der Waals surface area contributed by atoms with E-state index < -0.39 is 0 Å². The van der Waals surface area contributed by atoms with Gasteiger partial charge in [-0.05, 0) is 59.9 Å². The zero-order chi connectivity index (χ0) is 16.4. The number of rotatable bonds is 4. The number of carbonyl (C=O) groups excluding carboxylic acids is 1. The van der Waals surface area contributed by atoms with Crippen LogP contribution < -0.4 is 10.6 Å². The van der Waals surface area contributed by atoms with E-state index in [1.807, 2.05) is 24.3 Å². The molecule has 3 unspecified atom stereocenters. The maximum Gasteiger partial charge on any atom is 0.225 e. The van der Waals surface area contributed by atoms with Gasteiger partial charge in [-0.2, -0.15) is 0 Å². The first-order valence-corrected chi connectivity index (χ1v) is 8.67. The third-order valence-electron chi connectivity index (χ3n) is 5.23. The van der Waals surface area contributed by atoms with Gasteiger partial charge < -0.3 is 10.6 Å². The maximum atomic E-state index is 12.3. The van der Waals surface area contributed by atoms with E-state index >= 15 is 0 Å². The van der Waals surface area contributed by atoms with Gasteiger partial charge in [0, 0.05) is 18.3 Å². The van der Waals surface area contributed by atoms with Crippen molar-refractivity contribution in [3.05, 3.63) is 30.6 Å². The van der Waals surface area contributed by atoms with Crippen LogP contribution in [0.25, 0.3) is 5.69 Å². The molecule has 4 rings (SSSR count). The summed E-state index contributed by atoms with van der Waals surface area (Å²) in [5, 5.41) is 17.7. The summed E-state index contributed by atoms with van der Waals surface area (Å²) >= 11 is 0. The number of hydrogen-bond acceptors (Lipinski definition) is 5. The van der Waals surface area contributed by atoms with E-state index in [0.29, 0.717) is 18.5 Å². The third-order valence-corrected chi connectivity index (χ3v) is 5.23. The van der Waals surface area contributed by atoms with E-state index in [2.05, 4.69) is 26.2 Å². The van der Waals surface area contributed by atoms with Crippen LogP contribution >= 0.6 is 0 Å². The second kappa shape index (κ2) is 6.59. The number of aromatic nitrogens is 4. The minimum Gasteiger partial charge on any atom is -0.384 e. The summed E-state index contributed by atoms with van der Waals surface area (Å²) in [5.74, 6) is 0.921. The molecule has 2 fully saturated rings. The highest BCUT2D eigenvalue weighted by atomic mass is 16.2. The van der Waals surface area contributed by atoms with Gasteiger partial charge in [0.15, 0.2) is 0 Å². The van der Waals surface area contributed by atoms with Gasteiger partial charge in [-0.3, -0.25) is 4.79 Å². The molecule has 2 aliphatic rings. The average Bonchev–Trinajstić information content (AvgIpc) is 3.15. The number of nitrogens with one attached hydrogen (secondary N) is 2. The number of piperidine rings is 1. The zero-order valence-electron chi connectivity index (χ0n) is 13.6. The number of anilines is 1. The lowest BCUT2D eigenvalue weighted by molar-refractivity contribution is -0.129. The van der Waals surface area contributed by atoms with Crippen molar-refractivity contribution in [3.8, 4) is 5.69 Å². The predicted molar refractivity (Wildman–Crippen MR) is 89.6 cm³/mol. The lowest BCUT2D eigenvalue weighted by Gasteiger charge is -2.39. The number of amides is 1. The molecule has 1 aromatic heterocycles. The van der Waals surface area contributed by atoms with Gasteiger partial charge in [-0.25, -0.2) is 4.68 Å². The summed E-state index contributed by atoms with van der Waals surface area (Å²) in [6.45, 7) is 0.680. The number of benzene rings is 1. The van der Waals surface area contributed by atoms with Crippen LogP contribution in [0.15, 0.2) is 30.6 Å². The van der Waals surface area contributed by atoms with E-state index in [1.165, 1.54) is 19.3 Å². The zero-order valence-corrected chi connectivity index (χ0v) is 13.6. The van der Waals surface area contributed by atoms with Crippen LogP contribution in [-0.2, 0) is 4.79 Å². The van der Waals surface area contributed by atoms with Gasteiger partial charge in [-0.15, -0.1) is 5.10 Å². The lowest BCUT2D eigenvalue weighted by Crippen LogP contribution is -2.52. The highest BCUT2D eigenvalue weighted by Gasteiger charge is 2.36. The van der Waals surface area contributed by atoms with E-state index in [1.54, 1.807) is 11.0 Å².